The van der Waals surface area contributed by atoms with Gasteiger partial charge in [0.05, 0.1) is 6.54 Å². The molecule has 1 heterocycles. The van der Waals surface area contributed by atoms with Gasteiger partial charge in [0, 0.05) is 5.69 Å². The lowest BCUT2D eigenvalue weighted by Crippen LogP contribution is -2.24. The zero-order valence-electron chi connectivity index (χ0n) is 12.9. The van der Waals surface area contributed by atoms with E-state index < -0.39 is 0 Å². The Morgan fingerprint density at radius 2 is 2.10 bits per heavy atom. The standard InChI is InChI=1S/C18H25NO2/c1-2-3-4-5-9-17-13-19(18(20)21-17)16-8-6-7-15(12-16)14-10-11-14/h6-8,12,14,17H,2-5,9-11,13H2,1H3. The molecule has 0 spiro atoms. The minimum atomic E-state index is -0.177. The Bertz CT molecular complexity index is 496. The van der Waals surface area contributed by atoms with Crippen LogP contribution in [0.15, 0.2) is 24.3 Å². The number of rotatable bonds is 7. The number of anilines is 1. The molecule has 2 fully saturated rings. The van der Waals surface area contributed by atoms with Gasteiger partial charge in [-0.05, 0) is 49.3 Å². The van der Waals surface area contributed by atoms with E-state index in [2.05, 4.69) is 25.1 Å². The second-order valence-electron chi connectivity index (χ2n) is 6.33. The number of nitrogens with zero attached hydrogens (tertiary/aromatic N) is 1. The molecular weight excluding hydrogens is 262 g/mol. The minimum Gasteiger partial charge on any atom is -0.444 e. The predicted molar refractivity (Wildman–Crippen MR) is 84.8 cm³/mol. The Kier molecular flexibility index (Phi) is 4.47. The van der Waals surface area contributed by atoms with Crippen LogP contribution in [-0.4, -0.2) is 18.7 Å². The molecule has 1 saturated carbocycles. The Morgan fingerprint density at radius 3 is 2.86 bits per heavy atom. The van der Waals surface area contributed by atoms with Crippen molar-refractivity contribution in [3.63, 3.8) is 0 Å². The van der Waals surface area contributed by atoms with E-state index in [1.54, 1.807) is 4.90 Å². The van der Waals surface area contributed by atoms with Gasteiger partial charge in [0.25, 0.3) is 0 Å². The molecule has 3 heteroatoms. The highest BCUT2D eigenvalue weighted by molar-refractivity contribution is 5.89. The molecule has 0 radical (unpaired) electrons. The van der Waals surface area contributed by atoms with Crippen molar-refractivity contribution in [2.75, 3.05) is 11.4 Å². The van der Waals surface area contributed by atoms with Gasteiger partial charge >= 0.3 is 6.09 Å². The van der Waals surface area contributed by atoms with E-state index in [4.69, 9.17) is 4.74 Å². The fraction of sp³-hybridized carbons (Fsp3) is 0.611. The molecule has 3 rings (SSSR count). The molecule has 3 nitrogen and oxygen atoms in total. The van der Waals surface area contributed by atoms with Gasteiger partial charge in [-0.2, -0.15) is 0 Å². The first-order valence-electron chi connectivity index (χ1n) is 8.36. The second kappa shape index (κ2) is 6.50. The summed E-state index contributed by atoms with van der Waals surface area (Å²) in [6, 6.07) is 8.42. The molecule has 0 aromatic heterocycles. The van der Waals surface area contributed by atoms with Crippen LogP contribution in [0.4, 0.5) is 10.5 Å². The second-order valence-corrected chi connectivity index (χ2v) is 6.33. The normalized spacial score (nSPS) is 21.7. The van der Waals surface area contributed by atoms with E-state index in [-0.39, 0.29) is 12.2 Å². The lowest BCUT2D eigenvalue weighted by Gasteiger charge is -2.14. The molecule has 0 N–H and O–H groups in total. The van der Waals surface area contributed by atoms with Crippen LogP contribution >= 0.6 is 0 Å². The molecular formula is C18H25NO2. The first kappa shape index (κ1) is 14.4. The Hall–Kier alpha value is -1.51. The number of carbonyl (C=O) groups excluding carboxylic acids is 1. The summed E-state index contributed by atoms with van der Waals surface area (Å²) in [6.45, 7) is 2.92. The van der Waals surface area contributed by atoms with Crippen LogP contribution in [0.3, 0.4) is 0 Å². The number of unbranched alkanes of at least 4 members (excludes halogenated alkanes) is 3. The number of amides is 1. The maximum atomic E-state index is 12.1. The predicted octanol–water partition coefficient (Wildman–Crippen LogP) is 4.86. The third-order valence-electron chi connectivity index (χ3n) is 4.48. The number of ether oxygens (including phenoxy) is 1. The summed E-state index contributed by atoms with van der Waals surface area (Å²) in [5, 5.41) is 0. The van der Waals surface area contributed by atoms with E-state index in [1.165, 1.54) is 37.7 Å². The van der Waals surface area contributed by atoms with Crippen LogP contribution in [-0.2, 0) is 4.74 Å². The van der Waals surface area contributed by atoms with Crippen LogP contribution in [0.2, 0.25) is 0 Å². The highest BCUT2D eigenvalue weighted by atomic mass is 16.6. The number of hydrogen-bond donors (Lipinski definition) is 0. The molecule has 1 unspecified atom stereocenters. The Morgan fingerprint density at radius 1 is 1.24 bits per heavy atom. The molecule has 21 heavy (non-hydrogen) atoms. The SMILES string of the molecule is CCCCCCC1CN(c2cccc(C3CC3)c2)C(=O)O1. The molecule has 1 atom stereocenters. The maximum Gasteiger partial charge on any atom is 0.414 e. The largest absolute Gasteiger partial charge is 0.444 e. The number of carbonyl (C=O) groups is 1. The van der Waals surface area contributed by atoms with Crippen molar-refractivity contribution < 1.29 is 9.53 Å². The van der Waals surface area contributed by atoms with Crippen LogP contribution < -0.4 is 4.90 Å². The van der Waals surface area contributed by atoms with Crippen LogP contribution in [0, 0.1) is 0 Å². The van der Waals surface area contributed by atoms with E-state index in [9.17, 15) is 4.79 Å². The van der Waals surface area contributed by atoms with Gasteiger partial charge in [0.15, 0.2) is 0 Å². The monoisotopic (exact) mass is 287 g/mol. The van der Waals surface area contributed by atoms with Crippen LogP contribution in [0.1, 0.15) is 63.4 Å². The number of cyclic esters (lactones) is 1. The fourth-order valence-corrected chi connectivity index (χ4v) is 3.04. The molecule has 1 aromatic carbocycles. The third-order valence-corrected chi connectivity index (χ3v) is 4.48. The zero-order valence-corrected chi connectivity index (χ0v) is 12.9. The van der Waals surface area contributed by atoms with Gasteiger partial charge < -0.3 is 4.74 Å². The van der Waals surface area contributed by atoms with Gasteiger partial charge in [-0.25, -0.2) is 4.79 Å². The van der Waals surface area contributed by atoms with Gasteiger partial charge in [-0.3, -0.25) is 4.90 Å². The van der Waals surface area contributed by atoms with Gasteiger partial charge in [-0.15, -0.1) is 0 Å². The Labute approximate surface area is 127 Å². The smallest absolute Gasteiger partial charge is 0.414 e. The average Bonchev–Trinajstić information content (AvgIpc) is 3.28. The zero-order chi connectivity index (χ0) is 14.7. The molecule has 1 aliphatic heterocycles. The topological polar surface area (TPSA) is 29.5 Å². The van der Waals surface area contributed by atoms with E-state index in [0.29, 0.717) is 12.5 Å². The number of benzene rings is 1. The van der Waals surface area contributed by atoms with E-state index in [0.717, 1.165) is 18.5 Å². The summed E-state index contributed by atoms with van der Waals surface area (Å²) in [5.41, 5.74) is 2.37. The first-order chi connectivity index (χ1) is 10.3. The van der Waals surface area contributed by atoms with Crippen LogP contribution in [0.25, 0.3) is 0 Å². The molecule has 2 aliphatic rings. The average molecular weight is 287 g/mol. The molecule has 1 amide bonds. The molecule has 1 aliphatic carbocycles. The third kappa shape index (κ3) is 3.58. The van der Waals surface area contributed by atoms with Gasteiger partial charge in [0.1, 0.15) is 6.10 Å². The van der Waals surface area contributed by atoms with Crippen molar-refractivity contribution >= 4 is 11.8 Å². The highest BCUT2D eigenvalue weighted by Crippen LogP contribution is 2.41. The first-order valence-corrected chi connectivity index (χ1v) is 8.36. The molecule has 114 valence electrons. The summed E-state index contributed by atoms with van der Waals surface area (Å²) in [5.74, 6) is 0.716. The lowest BCUT2D eigenvalue weighted by molar-refractivity contribution is 0.135. The molecule has 1 saturated heterocycles. The molecule has 1 aromatic rings. The van der Waals surface area contributed by atoms with Crippen molar-refractivity contribution in [3.8, 4) is 0 Å². The maximum absolute atomic E-state index is 12.1. The summed E-state index contributed by atoms with van der Waals surface area (Å²) in [4.78, 5) is 13.9. The van der Waals surface area contributed by atoms with E-state index in [1.807, 2.05) is 6.07 Å². The summed E-state index contributed by atoms with van der Waals surface area (Å²) < 4.78 is 5.51. The van der Waals surface area contributed by atoms with Crippen molar-refractivity contribution in [3.05, 3.63) is 29.8 Å². The lowest BCUT2D eigenvalue weighted by atomic mass is 10.1. The van der Waals surface area contributed by atoms with Crippen molar-refractivity contribution in [2.45, 2.75) is 63.9 Å². The summed E-state index contributed by atoms with van der Waals surface area (Å²) in [6.07, 6.45) is 8.36. The van der Waals surface area contributed by atoms with Crippen molar-refractivity contribution in [2.24, 2.45) is 0 Å². The highest BCUT2D eigenvalue weighted by Gasteiger charge is 2.32. The summed E-state index contributed by atoms with van der Waals surface area (Å²) >= 11 is 0. The van der Waals surface area contributed by atoms with Gasteiger partial charge in [0.2, 0.25) is 0 Å². The van der Waals surface area contributed by atoms with Crippen molar-refractivity contribution in [1.82, 2.24) is 0 Å². The van der Waals surface area contributed by atoms with Gasteiger partial charge in [-0.1, -0.05) is 38.3 Å². The fourth-order valence-electron chi connectivity index (χ4n) is 3.04. The van der Waals surface area contributed by atoms with Crippen LogP contribution in [0.5, 0.6) is 0 Å². The molecule has 0 bridgehead atoms. The Balaban J connectivity index is 1.58. The number of hydrogen-bond acceptors (Lipinski definition) is 2. The minimum absolute atomic E-state index is 0.0685. The van der Waals surface area contributed by atoms with Crippen molar-refractivity contribution in [1.29, 1.82) is 0 Å². The summed E-state index contributed by atoms with van der Waals surface area (Å²) in [7, 11) is 0. The van der Waals surface area contributed by atoms with E-state index >= 15 is 0 Å². The quantitative estimate of drug-likeness (QED) is 0.670.